The van der Waals surface area contributed by atoms with Gasteiger partial charge in [-0.1, -0.05) is 19.7 Å². The fourth-order valence-corrected chi connectivity index (χ4v) is 9.51. The Hall–Kier alpha value is -9.49. The summed E-state index contributed by atoms with van der Waals surface area (Å²) in [5.41, 5.74) is 8.73. The van der Waals surface area contributed by atoms with Crippen molar-refractivity contribution in [2.45, 2.75) is 220 Å². The maximum absolute atomic E-state index is 11.6. The molecule has 4 N–H and O–H groups in total. The molecule has 496 valence electrons. The van der Waals surface area contributed by atoms with Crippen molar-refractivity contribution in [2.75, 3.05) is 0 Å². The third-order valence-electron chi connectivity index (χ3n) is 14.6. The van der Waals surface area contributed by atoms with Gasteiger partial charge in [0.25, 0.3) is 17.4 Å². The number of aliphatic imine (C=N–C) groups is 2. The van der Waals surface area contributed by atoms with Gasteiger partial charge in [0.2, 0.25) is 5.82 Å². The molecule has 26 heteroatoms. The number of nitrogens with one attached hydrogen (secondary N) is 4. The van der Waals surface area contributed by atoms with E-state index in [1.165, 1.54) is 12.5 Å². The van der Waals surface area contributed by atoms with Gasteiger partial charge in [0, 0.05) is 84.0 Å². The molecule has 0 aliphatic carbocycles. The van der Waals surface area contributed by atoms with Crippen LogP contribution in [0.5, 0.6) is 0 Å². The van der Waals surface area contributed by atoms with E-state index in [0.29, 0.717) is 58.6 Å². The van der Waals surface area contributed by atoms with Crippen LogP contribution in [-0.2, 0) is 9.59 Å². The molecule has 0 radical (unpaired) electrons. The van der Waals surface area contributed by atoms with Gasteiger partial charge in [0.1, 0.15) is 52.8 Å². The highest BCUT2D eigenvalue weighted by atomic mass is 16.2. The number of hydrogen-bond acceptors (Lipinski definition) is 19. The van der Waals surface area contributed by atoms with Gasteiger partial charge >= 0.3 is 0 Å². The zero-order valence-electron chi connectivity index (χ0n) is 58.5. The van der Waals surface area contributed by atoms with Crippen molar-refractivity contribution in [1.82, 2.24) is 99.0 Å². The van der Waals surface area contributed by atoms with Crippen LogP contribution in [0.1, 0.15) is 195 Å². The monoisotopic (exact) mass is 1260 g/mol. The number of aromatic amines is 1. The molecule has 0 saturated carbocycles. The summed E-state index contributed by atoms with van der Waals surface area (Å²) in [6, 6.07) is 3.83. The first kappa shape index (κ1) is 73.2. The Labute approximate surface area is 541 Å². The normalized spacial score (nSPS) is 16.1. The van der Waals surface area contributed by atoms with Gasteiger partial charge in [-0.25, -0.2) is 49.5 Å². The summed E-state index contributed by atoms with van der Waals surface area (Å²) in [6.07, 6.45) is 12.7. The standard InChI is InChI=1S/C11H15N3.C10H16N4O.C10H14N4.C10H16N2.C9H12N4O.C9H14N2O.C7H11N3O/c1-7(2)14-6-5-10-8(3)12-9(4)13-11(10)14;1-6-12-8-7(9(15)13-6)11-5-14(8)10(2,3)4;1-6(2)14-5-11-9-7(3)12-8(4)13-10(9)14;1-7(2)12-6-8(3)9(4)11-10(12)5;1-5(2)13-4-10-7-8(13)11-6(3)12-9(7)14;1-6(2)11-5-7(3)9(12)10-8(11)4;1-5(2)10-4-8-7(9-10)6(3)11/h5-7H,1-4H3;5,7-8,12H,1H2,2-4H3,(H,13,15);5-6H,1-4H3;6-7H,5H2,1-4H3;4-5H,1-3H3,(H,11,12,14);5-6H,4H2,1-3H3,(H,10,12);4-5H,1-3H3. The molecule has 2 unspecified atom stereocenters. The Balaban J connectivity index is 0.000000195. The molecule has 0 aromatic carbocycles. The number of nitrogens with zero attached hydrogens (tertiary/aromatic N) is 18. The van der Waals surface area contributed by atoms with E-state index in [0.717, 1.165) is 62.3 Å². The maximum atomic E-state index is 11.6. The van der Waals surface area contributed by atoms with Crippen LogP contribution in [0.3, 0.4) is 0 Å². The zero-order valence-corrected chi connectivity index (χ0v) is 58.5. The van der Waals surface area contributed by atoms with Crippen molar-refractivity contribution in [1.29, 1.82) is 0 Å². The second-order valence-corrected chi connectivity index (χ2v) is 25.4. The Bertz CT molecular complexity index is 3910. The highest BCUT2D eigenvalue weighted by Gasteiger charge is 2.43. The van der Waals surface area contributed by atoms with E-state index in [4.69, 9.17) is 0 Å². The number of imidazole rings is 2. The van der Waals surface area contributed by atoms with Crippen LogP contribution in [0.25, 0.3) is 33.4 Å². The molecule has 7 aromatic heterocycles. The first-order valence-corrected chi connectivity index (χ1v) is 30.9. The Morgan fingerprint density at radius 2 is 1.15 bits per heavy atom. The van der Waals surface area contributed by atoms with Crippen molar-refractivity contribution in [3.05, 3.63) is 137 Å². The molecule has 26 nitrogen and oxygen atoms in total. The summed E-state index contributed by atoms with van der Waals surface area (Å²) in [5, 5.41) is 13.6. The fourth-order valence-electron chi connectivity index (χ4n) is 9.51. The van der Waals surface area contributed by atoms with Crippen LogP contribution < -0.4 is 21.5 Å². The molecule has 11 rings (SSSR count). The van der Waals surface area contributed by atoms with Gasteiger partial charge in [-0.15, -0.1) is 5.10 Å². The van der Waals surface area contributed by atoms with Gasteiger partial charge in [-0.05, 0) is 171 Å². The predicted molar refractivity (Wildman–Crippen MR) is 365 cm³/mol. The lowest BCUT2D eigenvalue weighted by atomic mass is 10.0. The van der Waals surface area contributed by atoms with Gasteiger partial charge in [0.15, 0.2) is 28.6 Å². The summed E-state index contributed by atoms with van der Waals surface area (Å²) in [4.78, 5) is 96.1. The third kappa shape index (κ3) is 18.6. The van der Waals surface area contributed by atoms with Gasteiger partial charge in [0.05, 0.1) is 36.2 Å². The molecule has 0 spiro atoms. The molecule has 0 bridgehead atoms. The van der Waals surface area contributed by atoms with E-state index in [2.05, 4.69) is 197 Å². The van der Waals surface area contributed by atoms with Crippen LogP contribution in [-0.4, -0.2) is 143 Å². The van der Waals surface area contributed by atoms with Crippen molar-refractivity contribution in [3.63, 3.8) is 0 Å². The SMILES string of the molecule is C=C1N=C(C)C(C)=CN1C(C)C.C=C1NC(=O)C(C)=CN1C(C)C.C=C1NC(=O)C2N=CN(C(C)(C)C)C2N1.CC(=O)c1ncn(C(C)C)n1.Cc1nc(C)c2ccn(C(C)C)c2n1.Cc1nc(C)c2ncn(C(C)C)c2n1.Cc1nc2c(ncn2C(C)C)c(=O)[nH]1. The molecule has 2 amide bonds. The number of H-pyrrole nitrogens is 1. The number of carbonyl (C=O) groups is 3. The number of allylic oxidation sites excluding steroid dienone is 1. The summed E-state index contributed by atoms with van der Waals surface area (Å²) < 4.78 is 7.79. The fraction of sp³-hybridized carbons (Fsp3) is 0.500. The molecular formula is C66H98N22O4. The Morgan fingerprint density at radius 3 is 1.67 bits per heavy atom. The number of rotatable bonds is 7. The molecule has 1 fully saturated rings. The lowest BCUT2D eigenvalue weighted by Crippen LogP contribution is -2.62. The van der Waals surface area contributed by atoms with Gasteiger partial charge in [-0.2, -0.15) is 0 Å². The predicted octanol–water partition coefficient (Wildman–Crippen LogP) is 10.5. The van der Waals surface area contributed by atoms with Crippen LogP contribution in [0, 0.1) is 34.6 Å². The van der Waals surface area contributed by atoms with Crippen LogP contribution >= 0.6 is 0 Å². The number of hydrogen-bond donors (Lipinski definition) is 4. The zero-order chi connectivity index (χ0) is 69.1. The minimum atomic E-state index is -0.366. The van der Waals surface area contributed by atoms with E-state index < -0.39 is 0 Å². The van der Waals surface area contributed by atoms with E-state index >= 15 is 0 Å². The summed E-state index contributed by atoms with van der Waals surface area (Å²) in [5.74, 6) is 4.35. The molecule has 4 aliphatic heterocycles. The molecule has 7 aromatic rings. The smallest absolute Gasteiger partial charge is 0.279 e. The quantitative estimate of drug-likeness (QED) is 0.108. The minimum Gasteiger partial charge on any atom is -0.350 e. The highest BCUT2D eigenvalue weighted by Crippen LogP contribution is 2.25. The van der Waals surface area contributed by atoms with E-state index in [1.807, 2.05) is 103 Å². The Morgan fingerprint density at radius 1 is 0.609 bits per heavy atom. The van der Waals surface area contributed by atoms with Crippen molar-refractivity contribution < 1.29 is 14.4 Å². The number of aromatic nitrogens is 14. The largest absolute Gasteiger partial charge is 0.350 e. The lowest BCUT2D eigenvalue weighted by molar-refractivity contribution is -0.124. The molecule has 11 heterocycles. The highest BCUT2D eigenvalue weighted by molar-refractivity contribution is 5.99. The number of fused-ring (bicyclic) bond motifs is 4. The molecular weight excluding hydrogens is 1160 g/mol. The minimum absolute atomic E-state index is 0.0584. The Kier molecular flexibility index (Phi) is 24.7. The molecule has 2 atom stereocenters. The van der Waals surface area contributed by atoms with Crippen LogP contribution in [0.4, 0.5) is 0 Å². The van der Waals surface area contributed by atoms with Crippen molar-refractivity contribution >= 4 is 63.0 Å². The average Bonchev–Trinajstić information content (AvgIpc) is 1.75. The third-order valence-corrected chi connectivity index (χ3v) is 14.6. The topological polar surface area (TPSA) is 290 Å². The molecule has 1 saturated heterocycles. The summed E-state index contributed by atoms with van der Waals surface area (Å²) >= 11 is 0. The average molecular weight is 1260 g/mol. The first-order chi connectivity index (χ1) is 42.8. The number of aryl methyl sites for hydroxylation is 5. The van der Waals surface area contributed by atoms with Crippen molar-refractivity contribution in [3.8, 4) is 0 Å². The van der Waals surface area contributed by atoms with Crippen molar-refractivity contribution in [2.24, 2.45) is 9.98 Å². The molecule has 4 aliphatic rings. The lowest BCUT2D eigenvalue weighted by Gasteiger charge is -2.40. The van der Waals surface area contributed by atoms with E-state index in [-0.39, 0.29) is 53.0 Å². The second-order valence-electron chi connectivity index (χ2n) is 25.4. The molecule has 92 heavy (non-hydrogen) atoms. The summed E-state index contributed by atoms with van der Waals surface area (Å²) in [6.45, 7) is 59.5. The van der Waals surface area contributed by atoms with Crippen LogP contribution in [0.15, 0.2) is 107 Å². The van der Waals surface area contributed by atoms with Crippen LogP contribution in [0.2, 0.25) is 0 Å². The number of amides is 2. The number of ketones is 1. The number of Topliss-reactive ketones (excluding diaryl/α,β-unsaturated/α-hetero) is 1. The first-order valence-electron chi connectivity index (χ1n) is 30.9. The second kappa shape index (κ2) is 31.0. The van der Waals surface area contributed by atoms with E-state index in [1.54, 1.807) is 37.5 Å². The van der Waals surface area contributed by atoms with Gasteiger partial charge < -0.3 is 49.3 Å². The van der Waals surface area contributed by atoms with E-state index in [9.17, 15) is 19.2 Å². The maximum Gasteiger partial charge on any atom is 0.279 e. The number of carbonyl (C=O) groups excluding carboxylic acids is 3. The summed E-state index contributed by atoms with van der Waals surface area (Å²) in [7, 11) is 0. The van der Waals surface area contributed by atoms with Gasteiger partial charge in [-0.3, -0.25) is 24.2 Å².